The lowest BCUT2D eigenvalue weighted by Gasteiger charge is -2.33. The van der Waals surface area contributed by atoms with Crippen LogP contribution in [0, 0.1) is 0 Å². The monoisotopic (exact) mass is 292 g/mol. The Bertz CT molecular complexity index is 434. The van der Waals surface area contributed by atoms with Crippen molar-refractivity contribution in [2.45, 2.75) is 32.2 Å². The van der Waals surface area contributed by atoms with Crippen LogP contribution in [0.4, 0.5) is 4.79 Å². The maximum absolute atomic E-state index is 11.8. The fraction of sp³-hybridized carbons (Fsp3) is 0.818. The Kier molecular flexibility index (Phi) is 5.59. The number of nitrogens with one attached hydrogen (secondary N) is 1. The molecule has 1 unspecified atom stereocenters. The minimum Gasteiger partial charge on any atom is -0.481 e. The molecule has 1 atom stereocenters. The molecule has 1 fully saturated rings. The van der Waals surface area contributed by atoms with E-state index in [1.807, 2.05) is 0 Å². The van der Waals surface area contributed by atoms with Crippen molar-refractivity contribution >= 4 is 21.8 Å². The SMILES string of the molecule is CC1CS(=O)(=O)CCN1C(=O)NCCCCC(=O)O. The van der Waals surface area contributed by atoms with Crippen LogP contribution in [-0.4, -0.2) is 61.1 Å². The largest absolute Gasteiger partial charge is 0.481 e. The topological polar surface area (TPSA) is 104 Å². The second kappa shape index (κ2) is 6.74. The van der Waals surface area contributed by atoms with E-state index >= 15 is 0 Å². The molecular weight excluding hydrogens is 272 g/mol. The van der Waals surface area contributed by atoms with Crippen LogP contribution < -0.4 is 5.32 Å². The highest BCUT2D eigenvalue weighted by Crippen LogP contribution is 2.11. The number of nitrogens with zero attached hydrogens (tertiary/aromatic N) is 1. The lowest BCUT2D eigenvalue weighted by atomic mass is 10.2. The van der Waals surface area contributed by atoms with Crippen LogP contribution in [0.15, 0.2) is 0 Å². The van der Waals surface area contributed by atoms with Crippen LogP contribution in [0.3, 0.4) is 0 Å². The average molecular weight is 292 g/mol. The molecule has 19 heavy (non-hydrogen) atoms. The zero-order valence-corrected chi connectivity index (χ0v) is 11.8. The van der Waals surface area contributed by atoms with E-state index in [1.54, 1.807) is 6.92 Å². The first-order chi connectivity index (χ1) is 8.82. The molecule has 0 radical (unpaired) electrons. The van der Waals surface area contributed by atoms with E-state index in [1.165, 1.54) is 4.90 Å². The quantitative estimate of drug-likeness (QED) is 0.698. The number of rotatable bonds is 5. The zero-order chi connectivity index (χ0) is 14.5. The average Bonchev–Trinajstić information content (AvgIpc) is 2.26. The Balaban J connectivity index is 2.28. The van der Waals surface area contributed by atoms with Crippen molar-refractivity contribution in [1.29, 1.82) is 0 Å². The molecule has 7 nitrogen and oxygen atoms in total. The molecule has 2 N–H and O–H groups in total. The van der Waals surface area contributed by atoms with Gasteiger partial charge >= 0.3 is 12.0 Å². The molecule has 0 aromatic heterocycles. The Hall–Kier alpha value is -1.31. The first-order valence-electron chi connectivity index (χ1n) is 6.28. The fourth-order valence-corrected chi connectivity index (χ4v) is 3.55. The van der Waals surface area contributed by atoms with Crippen LogP contribution in [0.5, 0.6) is 0 Å². The normalized spacial score (nSPS) is 21.9. The number of unbranched alkanes of at least 4 members (excludes halogenated alkanes) is 1. The standard InChI is InChI=1S/C11H20N2O5S/c1-9-8-19(17,18)7-6-13(9)11(16)12-5-3-2-4-10(14)15/h9H,2-8H2,1H3,(H,12,16)(H,14,15). The predicted molar refractivity (Wildman–Crippen MR) is 69.7 cm³/mol. The van der Waals surface area contributed by atoms with Gasteiger partial charge in [0.15, 0.2) is 9.84 Å². The Morgan fingerprint density at radius 2 is 2.05 bits per heavy atom. The van der Waals surface area contributed by atoms with E-state index in [2.05, 4.69) is 5.32 Å². The highest BCUT2D eigenvalue weighted by Gasteiger charge is 2.30. The van der Waals surface area contributed by atoms with Gasteiger partial charge in [0.2, 0.25) is 0 Å². The molecule has 1 saturated heterocycles. The van der Waals surface area contributed by atoms with Crippen LogP contribution in [0.2, 0.25) is 0 Å². The minimum atomic E-state index is -3.02. The van der Waals surface area contributed by atoms with Gasteiger partial charge < -0.3 is 15.3 Å². The van der Waals surface area contributed by atoms with E-state index in [4.69, 9.17) is 5.11 Å². The van der Waals surface area contributed by atoms with E-state index < -0.39 is 15.8 Å². The molecule has 1 heterocycles. The smallest absolute Gasteiger partial charge is 0.317 e. The second-order valence-corrected chi connectivity index (χ2v) is 6.97. The van der Waals surface area contributed by atoms with E-state index in [0.29, 0.717) is 19.4 Å². The van der Waals surface area contributed by atoms with Crippen LogP contribution in [0.25, 0.3) is 0 Å². The molecule has 0 aromatic carbocycles. The van der Waals surface area contributed by atoms with Gasteiger partial charge in [-0.15, -0.1) is 0 Å². The van der Waals surface area contributed by atoms with Gasteiger partial charge in [0.05, 0.1) is 11.5 Å². The van der Waals surface area contributed by atoms with Crippen molar-refractivity contribution in [3.05, 3.63) is 0 Å². The third-order valence-corrected chi connectivity index (χ3v) is 4.82. The molecule has 1 rings (SSSR count). The molecule has 0 bridgehead atoms. The molecule has 0 saturated carbocycles. The van der Waals surface area contributed by atoms with Crippen molar-refractivity contribution < 1.29 is 23.1 Å². The number of carbonyl (C=O) groups excluding carboxylic acids is 1. The lowest BCUT2D eigenvalue weighted by Crippen LogP contribution is -2.53. The van der Waals surface area contributed by atoms with Gasteiger partial charge in [0, 0.05) is 25.6 Å². The number of sulfone groups is 1. The van der Waals surface area contributed by atoms with Crippen molar-refractivity contribution in [2.75, 3.05) is 24.6 Å². The molecular formula is C11H20N2O5S. The summed E-state index contributed by atoms with van der Waals surface area (Å²) >= 11 is 0. The fourth-order valence-electron chi connectivity index (χ4n) is 2.00. The van der Waals surface area contributed by atoms with Crippen molar-refractivity contribution in [3.8, 4) is 0 Å². The summed E-state index contributed by atoms with van der Waals surface area (Å²) in [7, 11) is -3.02. The molecule has 0 aromatic rings. The van der Waals surface area contributed by atoms with E-state index in [-0.39, 0.29) is 36.5 Å². The van der Waals surface area contributed by atoms with Crippen LogP contribution in [0.1, 0.15) is 26.2 Å². The summed E-state index contributed by atoms with van der Waals surface area (Å²) in [5, 5.41) is 11.1. The predicted octanol–water partition coefficient (Wildman–Crippen LogP) is 0.0698. The molecule has 8 heteroatoms. The molecule has 0 aliphatic carbocycles. The van der Waals surface area contributed by atoms with Gasteiger partial charge in [0.1, 0.15) is 0 Å². The summed E-state index contributed by atoms with van der Waals surface area (Å²) in [6.45, 7) is 2.33. The highest BCUT2D eigenvalue weighted by molar-refractivity contribution is 7.91. The third-order valence-electron chi connectivity index (χ3n) is 3.02. The number of hydrogen-bond acceptors (Lipinski definition) is 4. The van der Waals surface area contributed by atoms with E-state index in [0.717, 1.165) is 0 Å². The number of carbonyl (C=O) groups is 2. The van der Waals surface area contributed by atoms with Gasteiger partial charge in [-0.3, -0.25) is 4.79 Å². The lowest BCUT2D eigenvalue weighted by molar-refractivity contribution is -0.137. The zero-order valence-electron chi connectivity index (χ0n) is 11.0. The summed E-state index contributed by atoms with van der Waals surface area (Å²) < 4.78 is 22.8. The number of carboxylic acids is 1. The molecule has 2 amide bonds. The summed E-state index contributed by atoms with van der Waals surface area (Å²) in [5.74, 6) is -0.843. The van der Waals surface area contributed by atoms with Crippen molar-refractivity contribution in [2.24, 2.45) is 0 Å². The minimum absolute atomic E-state index is 0.000561. The molecule has 1 aliphatic rings. The Morgan fingerprint density at radius 1 is 1.37 bits per heavy atom. The first-order valence-corrected chi connectivity index (χ1v) is 8.10. The number of aliphatic carboxylic acids is 1. The number of amides is 2. The number of urea groups is 1. The molecule has 110 valence electrons. The van der Waals surface area contributed by atoms with Gasteiger partial charge in [-0.1, -0.05) is 0 Å². The number of carboxylic acid groups (broad SMARTS) is 1. The Morgan fingerprint density at radius 3 is 2.63 bits per heavy atom. The summed E-state index contributed by atoms with van der Waals surface area (Å²) in [5.41, 5.74) is 0. The van der Waals surface area contributed by atoms with Gasteiger partial charge in [-0.05, 0) is 19.8 Å². The summed E-state index contributed by atoms with van der Waals surface area (Å²) in [6, 6.07) is -0.601. The van der Waals surface area contributed by atoms with Crippen molar-refractivity contribution in [3.63, 3.8) is 0 Å². The van der Waals surface area contributed by atoms with E-state index in [9.17, 15) is 18.0 Å². The maximum atomic E-state index is 11.8. The third kappa shape index (κ3) is 5.46. The summed E-state index contributed by atoms with van der Waals surface area (Å²) in [4.78, 5) is 23.6. The maximum Gasteiger partial charge on any atom is 0.317 e. The molecule has 1 aliphatic heterocycles. The first kappa shape index (κ1) is 15.7. The van der Waals surface area contributed by atoms with Crippen molar-refractivity contribution in [1.82, 2.24) is 10.2 Å². The number of hydrogen-bond donors (Lipinski definition) is 2. The summed E-state index contributed by atoms with van der Waals surface area (Å²) in [6.07, 6.45) is 1.20. The Labute approximate surface area is 112 Å². The second-order valence-electron chi connectivity index (χ2n) is 4.74. The van der Waals surface area contributed by atoms with Crippen LogP contribution >= 0.6 is 0 Å². The van der Waals surface area contributed by atoms with Crippen LogP contribution in [-0.2, 0) is 14.6 Å². The van der Waals surface area contributed by atoms with Gasteiger partial charge in [-0.2, -0.15) is 0 Å². The van der Waals surface area contributed by atoms with Gasteiger partial charge in [-0.25, -0.2) is 13.2 Å². The van der Waals surface area contributed by atoms with Gasteiger partial charge in [0.25, 0.3) is 0 Å². The molecule has 0 spiro atoms. The highest BCUT2D eigenvalue weighted by atomic mass is 32.2.